The van der Waals surface area contributed by atoms with Crippen molar-refractivity contribution in [3.63, 3.8) is 0 Å². The SMILES string of the molecule is CCCC[C@H]1CC[C@H](/C=C/C#C/C=C/[C@H]2CC[C@H](OC)CC2)CC1. The second-order valence-corrected chi connectivity index (χ2v) is 7.70. The molecule has 24 heavy (non-hydrogen) atoms. The van der Waals surface area contributed by atoms with Gasteiger partial charge in [-0.05, 0) is 81.3 Å². The van der Waals surface area contributed by atoms with Crippen LogP contribution in [-0.2, 0) is 4.74 Å². The number of rotatable bonds is 6. The first-order valence-electron chi connectivity index (χ1n) is 10.2. The van der Waals surface area contributed by atoms with Gasteiger partial charge in [-0.25, -0.2) is 0 Å². The summed E-state index contributed by atoms with van der Waals surface area (Å²) < 4.78 is 5.42. The van der Waals surface area contributed by atoms with E-state index < -0.39 is 0 Å². The van der Waals surface area contributed by atoms with Gasteiger partial charge in [-0.2, -0.15) is 0 Å². The molecule has 0 aromatic carbocycles. The van der Waals surface area contributed by atoms with Crippen molar-refractivity contribution in [2.75, 3.05) is 7.11 Å². The van der Waals surface area contributed by atoms with Crippen LogP contribution in [0.1, 0.15) is 77.6 Å². The maximum Gasteiger partial charge on any atom is 0.0571 e. The molecule has 0 amide bonds. The van der Waals surface area contributed by atoms with Crippen LogP contribution >= 0.6 is 0 Å². The molecular weight excluding hydrogens is 292 g/mol. The summed E-state index contributed by atoms with van der Waals surface area (Å²) in [5.41, 5.74) is 0. The zero-order valence-corrected chi connectivity index (χ0v) is 15.8. The molecule has 0 radical (unpaired) electrons. The third kappa shape index (κ3) is 7.27. The molecule has 0 heterocycles. The van der Waals surface area contributed by atoms with Crippen molar-refractivity contribution in [3.8, 4) is 11.8 Å². The molecule has 0 spiro atoms. The van der Waals surface area contributed by atoms with Gasteiger partial charge < -0.3 is 4.74 Å². The number of ether oxygens (including phenoxy) is 1. The Morgan fingerprint density at radius 1 is 0.833 bits per heavy atom. The lowest BCUT2D eigenvalue weighted by Crippen LogP contribution is -2.19. The summed E-state index contributed by atoms with van der Waals surface area (Å²) in [7, 11) is 1.83. The minimum atomic E-state index is 0.487. The molecular formula is C23H36O. The summed E-state index contributed by atoms with van der Waals surface area (Å²) >= 11 is 0. The van der Waals surface area contributed by atoms with Gasteiger partial charge in [0.1, 0.15) is 0 Å². The fourth-order valence-corrected chi connectivity index (χ4v) is 4.14. The van der Waals surface area contributed by atoms with Gasteiger partial charge in [0, 0.05) is 7.11 Å². The van der Waals surface area contributed by atoms with Gasteiger partial charge in [-0.3, -0.25) is 0 Å². The van der Waals surface area contributed by atoms with E-state index in [0.29, 0.717) is 12.0 Å². The summed E-state index contributed by atoms with van der Waals surface area (Å²) in [6.07, 6.45) is 23.9. The molecule has 0 unspecified atom stereocenters. The number of allylic oxidation sites excluding steroid dienone is 4. The van der Waals surface area contributed by atoms with Gasteiger partial charge in [-0.1, -0.05) is 50.2 Å². The smallest absolute Gasteiger partial charge is 0.0571 e. The zero-order chi connectivity index (χ0) is 17.0. The highest BCUT2D eigenvalue weighted by Gasteiger charge is 2.19. The fraction of sp³-hybridized carbons (Fsp3) is 0.739. The lowest BCUT2D eigenvalue weighted by atomic mass is 9.80. The van der Waals surface area contributed by atoms with E-state index in [-0.39, 0.29) is 0 Å². The normalized spacial score (nSPS) is 31.2. The Morgan fingerprint density at radius 3 is 1.88 bits per heavy atom. The fourth-order valence-electron chi connectivity index (χ4n) is 4.14. The van der Waals surface area contributed by atoms with Crippen LogP contribution < -0.4 is 0 Å². The molecule has 0 saturated heterocycles. The van der Waals surface area contributed by atoms with Gasteiger partial charge in [0.05, 0.1) is 6.10 Å². The van der Waals surface area contributed by atoms with Crippen molar-refractivity contribution >= 4 is 0 Å². The first-order chi connectivity index (χ1) is 11.8. The minimum Gasteiger partial charge on any atom is -0.381 e. The van der Waals surface area contributed by atoms with Crippen LogP contribution in [0, 0.1) is 29.6 Å². The third-order valence-electron chi connectivity index (χ3n) is 5.90. The molecule has 2 rings (SSSR count). The maximum absolute atomic E-state index is 5.42. The predicted molar refractivity (Wildman–Crippen MR) is 104 cm³/mol. The van der Waals surface area contributed by atoms with Crippen LogP contribution in [0.25, 0.3) is 0 Å². The molecule has 0 aromatic rings. The van der Waals surface area contributed by atoms with Crippen molar-refractivity contribution in [1.29, 1.82) is 0 Å². The second kappa shape index (κ2) is 11.5. The van der Waals surface area contributed by atoms with Crippen LogP contribution in [-0.4, -0.2) is 13.2 Å². The summed E-state index contributed by atoms with van der Waals surface area (Å²) in [6, 6.07) is 0. The Kier molecular flexibility index (Phi) is 9.29. The number of hydrogen-bond donors (Lipinski definition) is 0. The Balaban J connectivity index is 1.61. The highest BCUT2D eigenvalue weighted by molar-refractivity contribution is 5.24. The van der Waals surface area contributed by atoms with Gasteiger partial charge in [0.2, 0.25) is 0 Å². The topological polar surface area (TPSA) is 9.23 Å². The van der Waals surface area contributed by atoms with Crippen molar-refractivity contribution in [1.82, 2.24) is 0 Å². The van der Waals surface area contributed by atoms with Crippen LogP contribution in [0.4, 0.5) is 0 Å². The van der Waals surface area contributed by atoms with E-state index in [1.807, 2.05) is 7.11 Å². The molecule has 2 fully saturated rings. The Labute approximate surface area is 149 Å². The molecule has 134 valence electrons. The zero-order valence-electron chi connectivity index (χ0n) is 15.8. The summed E-state index contributed by atoms with van der Waals surface area (Å²) in [6.45, 7) is 2.30. The van der Waals surface area contributed by atoms with E-state index in [0.717, 1.165) is 11.8 Å². The van der Waals surface area contributed by atoms with E-state index in [2.05, 4.69) is 43.1 Å². The molecule has 2 saturated carbocycles. The van der Waals surface area contributed by atoms with Crippen molar-refractivity contribution in [2.45, 2.75) is 83.7 Å². The molecule has 0 bridgehead atoms. The third-order valence-corrected chi connectivity index (χ3v) is 5.90. The first kappa shape index (κ1) is 19.3. The van der Waals surface area contributed by atoms with Gasteiger partial charge >= 0.3 is 0 Å². The monoisotopic (exact) mass is 328 g/mol. The largest absolute Gasteiger partial charge is 0.381 e. The van der Waals surface area contributed by atoms with Gasteiger partial charge in [0.25, 0.3) is 0 Å². The summed E-state index contributed by atoms with van der Waals surface area (Å²) in [5, 5.41) is 0. The van der Waals surface area contributed by atoms with Crippen LogP contribution in [0.5, 0.6) is 0 Å². The lowest BCUT2D eigenvalue weighted by Gasteiger charge is -2.26. The Morgan fingerprint density at radius 2 is 1.38 bits per heavy atom. The first-order valence-corrected chi connectivity index (χ1v) is 10.2. The molecule has 0 aromatic heterocycles. The van der Waals surface area contributed by atoms with Crippen LogP contribution in [0.2, 0.25) is 0 Å². The van der Waals surface area contributed by atoms with E-state index in [9.17, 15) is 0 Å². The van der Waals surface area contributed by atoms with E-state index >= 15 is 0 Å². The summed E-state index contributed by atoms with van der Waals surface area (Å²) in [5.74, 6) is 8.85. The van der Waals surface area contributed by atoms with E-state index in [4.69, 9.17) is 4.74 Å². The predicted octanol–water partition coefficient (Wildman–Crippen LogP) is 6.30. The molecule has 2 aliphatic rings. The highest BCUT2D eigenvalue weighted by Crippen LogP contribution is 2.32. The standard InChI is InChI=1S/C23H36O/c1-3-4-9-20-12-14-21(15-13-20)10-7-5-6-8-11-22-16-18-23(24-2)19-17-22/h7-8,10-11,20-23H,3-4,9,12-19H2,1-2H3/b10-7+,11-8+/t20-,21-,22-,23-. The minimum absolute atomic E-state index is 0.487. The number of methoxy groups -OCH3 is 1. The quantitative estimate of drug-likeness (QED) is 0.520. The molecule has 0 atom stereocenters. The van der Waals surface area contributed by atoms with Crippen molar-refractivity contribution < 1.29 is 4.74 Å². The average molecular weight is 329 g/mol. The number of hydrogen-bond acceptors (Lipinski definition) is 1. The molecule has 0 N–H and O–H groups in total. The van der Waals surface area contributed by atoms with Gasteiger partial charge in [0.15, 0.2) is 0 Å². The van der Waals surface area contributed by atoms with E-state index in [1.165, 1.54) is 70.6 Å². The molecule has 0 aliphatic heterocycles. The maximum atomic E-state index is 5.42. The number of unbranched alkanes of at least 4 members (excludes halogenated alkanes) is 1. The second-order valence-electron chi connectivity index (χ2n) is 7.70. The summed E-state index contributed by atoms with van der Waals surface area (Å²) in [4.78, 5) is 0. The van der Waals surface area contributed by atoms with Crippen molar-refractivity contribution in [3.05, 3.63) is 24.3 Å². The molecule has 2 aliphatic carbocycles. The average Bonchev–Trinajstić information content (AvgIpc) is 2.64. The highest BCUT2D eigenvalue weighted by atomic mass is 16.5. The van der Waals surface area contributed by atoms with Crippen LogP contribution in [0.3, 0.4) is 0 Å². The Hall–Kier alpha value is -1.00. The van der Waals surface area contributed by atoms with Crippen molar-refractivity contribution in [2.24, 2.45) is 17.8 Å². The van der Waals surface area contributed by atoms with E-state index in [1.54, 1.807) is 0 Å². The van der Waals surface area contributed by atoms with Crippen LogP contribution in [0.15, 0.2) is 24.3 Å². The molecule has 1 nitrogen and oxygen atoms in total. The molecule has 1 heteroatoms. The lowest BCUT2D eigenvalue weighted by molar-refractivity contribution is 0.0627. The Bertz CT molecular complexity index is 434. The van der Waals surface area contributed by atoms with Gasteiger partial charge in [-0.15, -0.1) is 0 Å².